The molecule has 0 saturated carbocycles. The summed E-state index contributed by atoms with van der Waals surface area (Å²) in [6, 6.07) is 0. The molecule has 0 unspecified atom stereocenters. The van der Waals surface area contributed by atoms with Crippen molar-refractivity contribution in [2.24, 2.45) is 35.1 Å². The van der Waals surface area contributed by atoms with Crippen molar-refractivity contribution in [2.75, 3.05) is 0 Å². The van der Waals surface area contributed by atoms with E-state index in [1.54, 1.807) is 0 Å². The topological polar surface area (TPSA) is 161 Å². The molecule has 26 heavy (non-hydrogen) atoms. The average Bonchev–Trinajstić information content (AvgIpc) is 2.33. The highest BCUT2D eigenvalue weighted by atomic mass is 16.4. The van der Waals surface area contributed by atoms with Crippen LogP contribution in [0.25, 0.3) is 0 Å². The van der Waals surface area contributed by atoms with Crippen LogP contribution < -0.4 is 11.5 Å². The number of carbonyl (C=O) groups is 4. The first kappa shape index (κ1) is 26.1. The number of carboxylic acid groups (broad SMARTS) is 2. The van der Waals surface area contributed by atoms with Gasteiger partial charge in [-0.25, -0.2) is 0 Å². The summed E-state index contributed by atoms with van der Waals surface area (Å²) in [4.78, 5) is 42.0. The van der Waals surface area contributed by atoms with Crippen molar-refractivity contribution in [1.82, 2.24) is 0 Å². The first-order chi connectivity index (χ1) is 11.8. The third-order valence-corrected chi connectivity index (χ3v) is 3.52. The molecule has 6 N–H and O–H groups in total. The van der Waals surface area contributed by atoms with E-state index >= 15 is 0 Å². The summed E-state index contributed by atoms with van der Waals surface area (Å²) in [5, 5.41) is 17.1. The summed E-state index contributed by atoms with van der Waals surface area (Å²) in [7, 11) is 0. The molecule has 0 heterocycles. The Bertz CT molecular complexity index is 389. The van der Waals surface area contributed by atoms with Crippen molar-refractivity contribution < 1.29 is 29.4 Å². The predicted octanol–water partition coefficient (Wildman–Crippen LogP) is 2.00. The number of nitrogens with two attached hydrogens (primary N) is 2. The van der Waals surface area contributed by atoms with Crippen molar-refractivity contribution >= 4 is 23.8 Å². The van der Waals surface area contributed by atoms with Crippen LogP contribution in [0.2, 0.25) is 0 Å². The van der Waals surface area contributed by atoms with E-state index in [9.17, 15) is 19.2 Å². The van der Waals surface area contributed by atoms with Gasteiger partial charge in [-0.2, -0.15) is 0 Å². The smallest absolute Gasteiger partial charge is 0.303 e. The van der Waals surface area contributed by atoms with Crippen LogP contribution in [0.4, 0.5) is 0 Å². The second kappa shape index (κ2) is 14.1. The molecular formula is C18H34N2O6. The Hall–Kier alpha value is -2.12. The lowest BCUT2D eigenvalue weighted by atomic mass is 9.91. The Labute approximate surface area is 155 Å². The van der Waals surface area contributed by atoms with Crippen molar-refractivity contribution in [2.45, 2.75) is 66.2 Å². The third-order valence-electron chi connectivity index (χ3n) is 3.52. The maximum absolute atomic E-state index is 10.6. The maximum Gasteiger partial charge on any atom is 0.303 e. The first-order valence-electron chi connectivity index (χ1n) is 8.83. The van der Waals surface area contributed by atoms with Gasteiger partial charge < -0.3 is 21.7 Å². The standard InChI is InChI=1S/2C9H17NO3/c2*1-6(2)3-7(4-8(10)11)5-9(12)13/h2*6-7H,3-5H2,1-2H3,(H2,10,11)(H,12,13)/t2*7-/m10/s1. The number of aliphatic carboxylic acids is 2. The van der Waals surface area contributed by atoms with Gasteiger partial charge in [0.15, 0.2) is 0 Å². The summed E-state index contributed by atoms with van der Waals surface area (Å²) in [6.07, 6.45) is 1.86. The molecule has 0 bridgehead atoms. The molecule has 0 aliphatic heterocycles. The van der Waals surface area contributed by atoms with Gasteiger partial charge in [0.2, 0.25) is 11.8 Å². The van der Waals surface area contributed by atoms with Gasteiger partial charge in [0.25, 0.3) is 0 Å². The zero-order chi connectivity index (χ0) is 20.9. The monoisotopic (exact) mass is 374 g/mol. The normalized spacial score (nSPS) is 12.8. The van der Waals surface area contributed by atoms with Gasteiger partial charge in [0, 0.05) is 25.7 Å². The van der Waals surface area contributed by atoms with Crippen molar-refractivity contribution in [1.29, 1.82) is 0 Å². The molecular weight excluding hydrogens is 340 g/mol. The molecule has 8 heteroatoms. The van der Waals surface area contributed by atoms with Crippen LogP contribution in [0.15, 0.2) is 0 Å². The molecule has 0 aromatic carbocycles. The Morgan fingerprint density at radius 1 is 0.654 bits per heavy atom. The molecule has 152 valence electrons. The van der Waals surface area contributed by atoms with Crippen LogP contribution in [0, 0.1) is 23.7 Å². The van der Waals surface area contributed by atoms with Gasteiger partial charge >= 0.3 is 11.9 Å². The summed E-state index contributed by atoms with van der Waals surface area (Å²) < 4.78 is 0. The first-order valence-corrected chi connectivity index (χ1v) is 8.83. The average molecular weight is 374 g/mol. The van der Waals surface area contributed by atoms with E-state index in [0.717, 1.165) is 12.8 Å². The molecule has 0 radical (unpaired) electrons. The SMILES string of the molecule is CC(C)C[C@@H](CC(N)=O)CC(=O)O.CC(C)C[C@H](CC(N)=O)CC(=O)O. The van der Waals surface area contributed by atoms with E-state index < -0.39 is 23.8 Å². The van der Waals surface area contributed by atoms with Gasteiger partial charge in [-0.05, 0) is 36.5 Å². The molecule has 8 nitrogen and oxygen atoms in total. The lowest BCUT2D eigenvalue weighted by Gasteiger charge is -2.14. The van der Waals surface area contributed by atoms with Crippen LogP contribution in [-0.2, 0) is 19.2 Å². The number of rotatable bonds is 12. The molecule has 0 fully saturated rings. The predicted molar refractivity (Wildman–Crippen MR) is 98.0 cm³/mol. The highest BCUT2D eigenvalue weighted by Gasteiger charge is 2.17. The van der Waals surface area contributed by atoms with E-state index in [1.165, 1.54) is 0 Å². The minimum Gasteiger partial charge on any atom is -0.481 e. The van der Waals surface area contributed by atoms with Gasteiger partial charge in [-0.3, -0.25) is 19.2 Å². The zero-order valence-electron chi connectivity index (χ0n) is 16.2. The molecule has 0 rings (SSSR count). The summed E-state index contributed by atoms with van der Waals surface area (Å²) in [6.45, 7) is 7.98. The number of primary amides is 2. The molecule has 0 aromatic rings. The van der Waals surface area contributed by atoms with E-state index in [0.29, 0.717) is 11.8 Å². The molecule has 0 spiro atoms. The fourth-order valence-electron chi connectivity index (χ4n) is 2.87. The number of carboxylic acids is 2. The minimum atomic E-state index is -0.869. The number of carbonyl (C=O) groups excluding carboxylic acids is 2. The van der Waals surface area contributed by atoms with E-state index in [2.05, 4.69) is 0 Å². The molecule has 2 atom stereocenters. The number of hydrogen-bond donors (Lipinski definition) is 4. The number of amides is 2. The Kier molecular flexibility index (Phi) is 14.2. The van der Waals surface area contributed by atoms with Crippen molar-refractivity contribution in [3.63, 3.8) is 0 Å². The zero-order valence-corrected chi connectivity index (χ0v) is 16.2. The second-order valence-corrected chi connectivity index (χ2v) is 7.53. The van der Waals surface area contributed by atoms with Crippen LogP contribution in [0.5, 0.6) is 0 Å². The molecule has 2 amide bonds. The molecule has 0 aliphatic rings. The largest absolute Gasteiger partial charge is 0.481 e. The lowest BCUT2D eigenvalue weighted by Crippen LogP contribution is -2.19. The van der Waals surface area contributed by atoms with E-state index in [4.69, 9.17) is 21.7 Å². The second-order valence-electron chi connectivity index (χ2n) is 7.53. The van der Waals surface area contributed by atoms with Crippen molar-refractivity contribution in [3.05, 3.63) is 0 Å². The Morgan fingerprint density at radius 3 is 1.08 bits per heavy atom. The van der Waals surface area contributed by atoms with Gasteiger partial charge in [0.05, 0.1) is 0 Å². The highest BCUT2D eigenvalue weighted by molar-refractivity contribution is 5.75. The molecule has 0 aliphatic carbocycles. The maximum atomic E-state index is 10.6. The third kappa shape index (κ3) is 19.9. The number of hydrogen-bond acceptors (Lipinski definition) is 4. The Balaban J connectivity index is 0. The van der Waals surface area contributed by atoms with E-state index in [1.807, 2.05) is 27.7 Å². The van der Waals surface area contributed by atoms with Gasteiger partial charge in [-0.15, -0.1) is 0 Å². The Morgan fingerprint density at radius 2 is 0.923 bits per heavy atom. The van der Waals surface area contributed by atoms with Crippen LogP contribution in [0.1, 0.15) is 66.2 Å². The van der Waals surface area contributed by atoms with Gasteiger partial charge in [-0.1, -0.05) is 27.7 Å². The summed E-state index contributed by atoms with van der Waals surface area (Å²) in [5.74, 6) is -2.03. The fourth-order valence-corrected chi connectivity index (χ4v) is 2.87. The van der Waals surface area contributed by atoms with Crippen LogP contribution in [0.3, 0.4) is 0 Å². The molecule has 0 aromatic heterocycles. The molecule has 0 saturated heterocycles. The quantitative estimate of drug-likeness (QED) is 0.408. The summed E-state index contributed by atoms with van der Waals surface area (Å²) in [5.41, 5.74) is 10.0. The van der Waals surface area contributed by atoms with Gasteiger partial charge in [0.1, 0.15) is 0 Å². The minimum absolute atomic E-state index is 0.0289. The highest BCUT2D eigenvalue weighted by Crippen LogP contribution is 2.19. The van der Waals surface area contributed by atoms with E-state index in [-0.39, 0.29) is 37.5 Å². The van der Waals surface area contributed by atoms with Crippen LogP contribution >= 0.6 is 0 Å². The lowest BCUT2D eigenvalue weighted by molar-refractivity contribution is -0.139. The fraction of sp³-hybridized carbons (Fsp3) is 0.778. The van der Waals surface area contributed by atoms with Crippen LogP contribution in [-0.4, -0.2) is 34.0 Å². The summed E-state index contributed by atoms with van der Waals surface area (Å²) >= 11 is 0. The van der Waals surface area contributed by atoms with Crippen molar-refractivity contribution in [3.8, 4) is 0 Å².